The SMILES string of the molecule is FF.Nc1cc(C(c2ccc(O)c(N)c2)(C(F)(F)F)C(F)(F)OC(OC(F)(F)OC(F)(F)F)=C(F)F)ccc1O. The van der Waals surface area contributed by atoms with Crippen LogP contribution in [0.4, 0.5) is 73.2 Å². The van der Waals surface area contributed by atoms with E-state index in [0.717, 1.165) is 0 Å². The van der Waals surface area contributed by atoms with Gasteiger partial charge >= 0.3 is 37.0 Å². The number of ether oxygens (including phenoxy) is 3. The average molecular weight is 614 g/mol. The molecule has 0 amide bonds. The van der Waals surface area contributed by atoms with Crippen LogP contribution in [0, 0.1) is 0 Å². The first-order valence-corrected chi connectivity index (χ1v) is 9.39. The molecular formula is C19H12F14N2O5. The van der Waals surface area contributed by atoms with Crippen LogP contribution in [0.5, 0.6) is 11.5 Å². The number of hydrogen-bond acceptors (Lipinski definition) is 7. The molecule has 7 nitrogen and oxygen atoms in total. The van der Waals surface area contributed by atoms with Crippen LogP contribution in [0.15, 0.2) is 48.4 Å². The van der Waals surface area contributed by atoms with Gasteiger partial charge in [-0.15, -0.1) is 22.0 Å². The second-order valence-corrected chi connectivity index (χ2v) is 7.07. The predicted molar refractivity (Wildman–Crippen MR) is 103 cm³/mol. The summed E-state index contributed by atoms with van der Waals surface area (Å²) < 4.78 is 188. The van der Waals surface area contributed by atoms with Gasteiger partial charge in [0, 0.05) is 9.15 Å². The maximum Gasteiger partial charge on any atom is 0.544 e. The number of anilines is 2. The van der Waals surface area contributed by atoms with Crippen molar-refractivity contribution in [2.24, 2.45) is 0 Å². The number of nitrogen functional groups attached to an aromatic ring is 2. The highest BCUT2D eigenvalue weighted by Crippen LogP contribution is 2.58. The normalized spacial score (nSPS) is 12.8. The molecule has 0 saturated heterocycles. The molecule has 40 heavy (non-hydrogen) atoms. The highest BCUT2D eigenvalue weighted by atomic mass is 20.0. The first kappa shape index (κ1) is 34.0. The molecule has 0 saturated carbocycles. The number of phenolic OH excluding ortho intramolecular Hbond substituents is 2. The zero-order valence-electron chi connectivity index (χ0n) is 18.5. The number of rotatable bonds is 8. The molecule has 0 aliphatic carbocycles. The Balaban J connectivity index is 0.00000391. The fourth-order valence-electron chi connectivity index (χ4n) is 3.13. The maximum atomic E-state index is 15.5. The quantitative estimate of drug-likeness (QED) is 0.0856. The molecule has 0 spiro atoms. The molecule has 2 aromatic carbocycles. The van der Waals surface area contributed by atoms with Crippen molar-refractivity contribution >= 4 is 11.4 Å². The second-order valence-electron chi connectivity index (χ2n) is 7.07. The topological polar surface area (TPSA) is 120 Å². The molecule has 2 rings (SSSR count). The molecular weight excluding hydrogens is 602 g/mol. The predicted octanol–water partition coefficient (Wildman–Crippen LogP) is 6.73. The van der Waals surface area contributed by atoms with Crippen LogP contribution in [0.3, 0.4) is 0 Å². The zero-order chi connectivity index (χ0) is 31.5. The van der Waals surface area contributed by atoms with Crippen molar-refractivity contribution in [1.29, 1.82) is 0 Å². The van der Waals surface area contributed by atoms with E-state index in [0.29, 0.717) is 12.1 Å². The van der Waals surface area contributed by atoms with Gasteiger partial charge in [-0.25, -0.2) is 0 Å². The third-order valence-electron chi connectivity index (χ3n) is 4.60. The van der Waals surface area contributed by atoms with Crippen LogP contribution in [-0.2, 0) is 19.6 Å². The number of aromatic hydroxyl groups is 2. The molecule has 0 aliphatic heterocycles. The Bertz CT molecular complexity index is 1160. The smallest absolute Gasteiger partial charge is 0.506 e. The van der Waals surface area contributed by atoms with Crippen molar-refractivity contribution in [2.75, 3.05) is 11.5 Å². The third kappa shape index (κ3) is 7.12. The largest absolute Gasteiger partial charge is 0.544 e. The molecule has 226 valence electrons. The lowest BCUT2D eigenvalue weighted by Gasteiger charge is -2.41. The first-order chi connectivity index (χ1) is 18.0. The third-order valence-corrected chi connectivity index (χ3v) is 4.60. The van der Waals surface area contributed by atoms with E-state index in [9.17, 15) is 54.1 Å². The van der Waals surface area contributed by atoms with E-state index in [1.54, 1.807) is 0 Å². The highest BCUT2D eigenvalue weighted by molar-refractivity contribution is 5.61. The van der Waals surface area contributed by atoms with Gasteiger partial charge < -0.3 is 31.2 Å². The van der Waals surface area contributed by atoms with Gasteiger partial charge in [0.1, 0.15) is 11.5 Å². The van der Waals surface area contributed by atoms with Gasteiger partial charge in [0.15, 0.2) is 0 Å². The van der Waals surface area contributed by atoms with Crippen LogP contribution in [0.1, 0.15) is 11.1 Å². The van der Waals surface area contributed by atoms with Crippen LogP contribution >= 0.6 is 0 Å². The second kappa shape index (κ2) is 11.6. The summed E-state index contributed by atoms with van der Waals surface area (Å²) in [6.07, 6.45) is -28.9. The summed E-state index contributed by atoms with van der Waals surface area (Å²) in [5, 5.41) is 19.0. The summed E-state index contributed by atoms with van der Waals surface area (Å²) in [4.78, 5) is 0. The van der Waals surface area contributed by atoms with Gasteiger partial charge in [-0.2, -0.15) is 35.5 Å². The molecule has 0 radical (unpaired) electrons. The molecule has 0 atom stereocenters. The van der Waals surface area contributed by atoms with Gasteiger partial charge in [-0.3, -0.25) is 0 Å². The Morgan fingerprint density at radius 3 is 1.38 bits per heavy atom. The van der Waals surface area contributed by atoms with Crippen LogP contribution in [0.25, 0.3) is 0 Å². The van der Waals surface area contributed by atoms with Crippen LogP contribution in [0.2, 0.25) is 0 Å². The summed E-state index contributed by atoms with van der Waals surface area (Å²) >= 11 is 0. The molecule has 0 heterocycles. The monoisotopic (exact) mass is 614 g/mol. The lowest BCUT2D eigenvalue weighted by molar-refractivity contribution is -0.499. The Labute approximate surface area is 211 Å². The minimum absolute atomic E-state index is 0.0839. The fraction of sp³-hybridized carbons (Fsp3) is 0.263. The van der Waals surface area contributed by atoms with Crippen molar-refractivity contribution in [3.63, 3.8) is 0 Å². The lowest BCUT2D eigenvalue weighted by atomic mass is 9.72. The van der Waals surface area contributed by atoms with Crippen molar-refractivity contribution in [3.05, 3.63) is 59.6 Å². The number of hydrogen-bond donors (Lipinski definition) is 4. The minimum Gasteiger partial charge on any atom is -0.506 e. The molecule has 6 N–H and O–H groups in total. The Morgan fingerprint density at radius 1 is 0.675 bits per heavy atom. The van der Waals surface area contributed by atoms with Crippen molar-refractivity contribution < 1.29 is 86.3 Å². The summed E-state index contributed by atoms with van der Waals surface area (Å²) in [5.74, 6) is -5.37. The summed E-state index contributed by atoms with van der Waals surface area (Å²) in [7, 11) is 0. The molecule has 0 bridgehead atoms. The Hall–Kier alpha value is -4.04. The van der Waals surface area contributed by atoms with E-state index in [-0.39, 0.29) is 24.3 Å². The molecule has 21 heteroatoms. The lowest BCUT2D eigenvalue weighted by Crippen LogP contribution is -2.58. The van der Waals surface area contributed by atoms with Crippen molar-refractivity contribution in [2.45, 2.75) is 30.4 Å². The van der Waals surface area contributed by atoms with Gasteiger partial charge in [0.25, 0.3) is 0 Å². The van der Waals surface area contributed by atoms with Gasteiger partial charge in [0.05, 0.1) is 11.4 Å². The summed E-state index contributed by atoms with van der Waals surface area (Å²) in [6, 6.07) is 1.22. The van der Waals surface area contributed by atoms with Crippen LogP contribution in [-0.4, -0.2) is 35.2 Å². The zero-order valence-corrected chi connectivity index (χ0v) is 18.5. The summed E-state index contributed by atoms with van der Waals surface area (Å²) in [6.45, 7) is 0. The standard InChI is InChI=1S/C19H12F12N2O5.F2/c20-13(21)14(37-19(30,31)38-18(27,28)29)36-17(25,26)15(16(22,23)24,7-1-3-11(34)9(32)5-7)8-2-4-12(35)10(33)6-8;1-2/h1-6,34-35H,32-33H2;. The fourth-order valence-corrected chi connectivity index (χ4v) is 3.13. The van der Waals surface area contributed by atoms with Gasteiger partial charge in [-0.1, -0.05) is 12.1 Å². The minimum atomic E-state index is -6.35. The van der Waals surface area contributed by atoms with Gasteiger partial charge in [0.2, 0.25) is 5.41 Å². The molecule has 2 aromatic rings. The van der Waals surface area contributed by atoms with E-state index in [1.165, 1.54) is 0 Å². The maximum absolute atomic E-state index is 15.5. The molecule has 0 fully saturated rings. The Morgan fingerprint density at radius 2 is 1.07 bits per heavy atom. The van der Waals surface area contributed by atoms with Crippen molar-refractivity contribution in [1.82, 2.24) is 0 Å². The van der Waals surface area contributed by atoms with Crippen molar-refractivity contribution in [3.8, 4) is 11.5 Å². The van der Waals surface area contributed by atoms with E-state index in [2.05, 4.69) is 9.47 Å². The van der Waals surface area contributed by atoms with Gasteiger partial charge in [-0.05, 0) is 35.4 Å². The number of nitrogens with two attached hydrogens (primary N) is 2. The number of benzene rings is 2. The number of halogens is 14. The molecule has 0 aromatic heterocycles. The molecule has 0 unspecified atom stereocenters. The summed E-state index contributed by atoms with van der Waals surface area (Å²) in [5.41, 5.74) is 0.227. The highest BCUT2D eigenvalue weighted by Gasteiger charge is 2.74. The average Bonchev–Trinajstić information content (AvgIpc) is 2.76. The Kier molecular flexibility index (Phi) is 9.85. The molecule has 0 aliphatic rings. The first-order valence-electron chi connectivity index (χ1n) is 9.39. The number of phenols is 2. The van der Waals surface area contributed by atoms with E-state index in [4.69, 9.17) is 20.6 Å². The number of alkyl halides is 10. The van der Waals surface area contributed by atoms with E-state index in [1.807, 2.05) is 4.74 Å². The van der Waals surface area contributed by atoms with E-state index < -0.39 is 76.4 Å². The van der Waals surface area contributed by atoms with E-state index >= 15 is 8.78 Å². The van der Waals surface area contributed by atoms with Crippen LogP contribution < -0.4 is 11.5 Å².